The van der Waals surface area contributed by atoms with Crippen LogP contribution < -0.4 is 5.32 Å². The van der Waals surface area contributed by atoms with Gasteiger partial charge in [0.1, 0.15) is 5.82 Å². The molecular weight excluding hydrogens is 417 g/mol. The van der Waals surface area contributed by atoms with E-state index in [9.17, 15) is 0 Å². The molecule has 0 bridgehead atoms. The third kappa shape index (κ3) is 4.29. The molecule has 2 N–H and O–H groups in total. The van der Waals surface area contributed by atoms with Crippen molar-refractivity contribution in [1.29, 1.82) is 0 Å². The Morgan fingerprint density at radius 3 is 3.00 bits per heavy atom. The van der Waals surface area contributed by atoms with Gasteiger partial charge in [0, 0.05) is 32.9 Å². The lowest BCUT2D eigenvalue weighted by atomic mass is 10.0. The average Bonchev–Trinajstić information content (AvgIpc) is 2.90. The van der Waals surface area contributed by atoms with E-state index in [1.54, 1.807) is 6.20 Å². The fourth-order valence-corrected chi connectivity index (χ4v) is 3.09. The van der Waals surface area contributed by atoms with E-state index in [2.05, 4.69) is 78.9 Å². The first kappa shape index (κ1) is 15.0. The van der Waals surface area contributed by atoms with Crippen LogP contribution in [0, 0.1) is 3.57 Å². The van der Waals surface area contributed by atoms with Gasteiger partial charge in [0.25, 0.3) is 0 Å². The van der Waals surface area contributed by atoms with Gasteiger partial charge in [-0.15, -0.1) is 0 Å². The minimum absolute atomic E-state index is 0.288. The van der Waals surface area contributed by atoms with E-state index >= 15 is 0 Å². The van der Waals surface area contributed by atoms with Crippen molar-refractivity contribution in [2.75, 3.05) is 6.54 Å². The number of hydrogen-bond donors (Lipinski definition) is 2. The number of aromatic nitrogens is 2. The van der Waals surface area contributed by atoms with Crippen LogP contribution in [0.3, 0.4) is 0 Å². The van der Waals surface area contributed by atoms with Gasteiger partial charge in [0.2, 0.25) is 0 Å². The van der Waals surface area contributed by atoms with Gasteiger partial charge in [0.15, 0.2) is 0 Å². The van der Waals surface area contributed by atoms with E-state index in [1.807, 2.05) is 6.20 Å². The molecule has 3 nitrogen and oxygen atoms in total. The van der Waals surface area contributed by atoms with Crippen molar-refractivity contribution >= 4 is 38.5 Å². The smallest absolute Gasteiger partial charge is 0.107 e. The summed E-state index contributed by atoms with van der Waals surface area (Å²) < 4.78 is 2.40. The number of nitrogens with zero attached hydrogens (tertiary/aromatic N) is 1. The van der Waals surface area contributed by atoms with Crippen molar-refractivity contribution in [3.63, 3.8) is 0 Å². The van der Waals surface area contributed by atoms with Crippen LogP contribution in [0.5, 0.6) is 0 Å². The summed E-state index contributed by atoms with van der Waals surface area (Å²) in [4.78, 5) is 7.51. The zero-order valence-corrected chi connectivity index (χ0v) is 14.5. The average molecular weight is 434 g/mol. The third-order valence-corrected chi connectivity index (χ3v) is 4.40. The highest BCUT2D eigenvalue weighted by Gasteiger charge is 2.16. The Labute approximate surface area is 135 Å². The first-order chi connectivity index (χ1) is 9.20. The Kier molecular flexibility index (Phi) is 5.84. The van der Waals surface area contributed by atoms with Crippen LogP contribution in [-0.2, 0) is 6.42 Å². The normalized spacial score (nSPS) is 12.6. The second-order valence-electron chi connectivity index (χ2n) is 4.41. The SMILES string of the molecule is CCCNC(Cc1ncc[nH]1)c1cc(Br)ccc1I. The molecule has 0 radical (unpaired) electrons. The minimum atomic E-state index is 0.288. The molecule has 0 aliphatic heterocycles. The van der Waals surface area contributed by atoms with Gasteiger partial charge in [-0.3, -0.25) is 0 Å². The number of H-pyrrole nitrogens is 1. The van der Waals surface area contributed by atoms with Crippen molar-refractivity contribution in [3.8, 4) is 0 Å². The first-order valence-corrected chi connectivity index (χ1v) is 8.24. The van der Waals surface area contributed by atoms with Crippen LogP contribution in [0.4, 0.5) is 0 Å². The number of benzene rings is 1. The number of hydrogen-bond acceptors (Lipinski definition) is 2. The topological polar surface area (TPSA) is 40.7 Å². The molecule has 0 saturated carbocycles. The highest BCUT2D eigenvalue weighted by Crippen LogP contribution is 2.26. The molecule has 0 fully saturated rings. The van der Waals surface area contributed by atoms with Crippen molar-refractivity contribution in [3.05, 3.63) is 50.0 Å². The van der Waals surface area contributed by atoms with Crippen molar-refractivity contribution in [2.45, 2.75) is 25.8 Å². The van der Waals surface area contributed by atoms with Crippen molar-refractivity contribution in [2.24, 2.45) is 0 Å². The largest absolute Gasteiger partial charge is 0.349 e. The predicted molar refractivity (Wildman–Crippen MR) is 90.2 cm³/mol. The summed E-state index contributed by atoms with van der Waals surface area (Å²) in [5, 5.41) is 3.61. The van der Waals surface area contributed by atoms with E-state index in [-0.39, 0.29) is 6.04 Å². The van der Waals surface area contributed by atoms with E-state index in [1.165, 1.54) is 9.13 Å². The molecule has 1 atom stereocenters. The van der Waals surface area contributed by atoms with Crippen LogP contribution >= 0.6 is 38.5 Å². The monoisotopic (exact) mass is 433 g/mol. The van der Waals surface area contributed by atoms with Crippen LogP contribution in [0.1, 0.15) is 30.8 Å². The lowest BCUT2D eigenvalue weighted by molar-refractivity contribution is 0.518. The molecule has 0 aliphatic rings. The fourth-order valence-electron chi connectivity index (χ4n) is 2.00. The van der Waals surface area contributed by atoms with Crippen molar-refractivity contribution < 1.29 is 0 Å². The fraction of sp³-hybridized carbons (Fsp3) is 0.357. The molecule has 0 saturated heterocycles. The van der Waals surface area contributed by atoms with Gasteiger partial charge >= 0.3 is 0 Å². The molecule has 1 aromatic heterocycles. The maximum atomic E-state index is 4.33. The van der Waals surface area contributed by atoms with Crippen LogP contribution in [0.25, 0.3) is 0 Å². The summed E-state index contributed by atoms with van der Waals surface area (Å²) in [6, 6.07) is 6.70. The molecule has 2 aromatic rings. The molecule has 0 spiro atoms. The molecule has 0 aliphatic carbocycles. The van der Waals surface area contributed by atoms with E-state index in [0.717, 1.165) is 29.7 Å². The first-order valence-electron chi connectivity index (χ1n) is 6.37. The lowest BCUT2D eigenvalue weighted by Crippen LogP contribution is -2.25. The quantitative estimate of drug-likeness (QED) is 0.674. The summed E-state index contributed by atoms with van der Waals surface area (Å²) in [5.41, 5.74) is 1.32. The van der Waals surface area contributed by atoms with Gasteiger partial charge in [-0.1, -0.05) is 22.9 Å². The summed E-state index contributed by atoms with van der Waals surface area (Å²) >= 11 is 5.95. The summed E-state index contributed by atoms with van der Waals surface area (Å²) in [6.07, 6.45) is 5.68. The Morgan fingerprint density at radius 2 is 2.32 bits per heavy atom. The molecule has 5 heteroatoms. The van der Waals surface area contributed by atoms with Gasteiger partial charge in [0.05, 0.1) is 0 Å². The highest BCUT2D eigenvalue weighted by molar-refractivity contribution is 14.1. The Hall–Kier alpha value is -0.400. The standard InChI is InChI=1S/C14H17BrIN3/c1-2-5-17-13(9-14-18-6-7-19-14)11-8-10(15)3-4-12(11)16/h3-4,6-8,13,17H,2,5,9H2,1H3,(H,18,19). The molecule has 2 rings (SSSR count). The van der Waals surface area contributed by atoms with E-state index < -0.39 is 0 Å². The summed E-state index contributed by atoms with van der Waals surface area (Å²) in [7, 11) is 0. The zero-order valence-electron chi connectivity index (χ0n) is 10.8. The third-order valence-electron chi connectivity index (χ3n) is 2.93. The molecule has 1 heterocycles. The lowest BCUT2D eigenvalue weighted by Gasteiger charge is -2.20. The van der Waals surface area contributed by atoms with E-state index in [0.29, 0.717) is 0 Å². The molecule has 1 unspecified atom stereocenters. The van der Waals surface area contributed by atoms with Gasteiger partial charge in [-0.05, 0) is 59.3 Å². The predicted octanol–water partition coefficient (Wildman–Crippen LogP) is 4.06. The summed E-state index contributed by atoms with van der Waals surface area (Å²) in [5.74, 6) is 1.02. The molecule has 1 aromatic carbocycles. The van der Waals surface area contributed by atoms with Crippen LogP contribution in [0.15, 0.2) is 35.1 Å². The maximum Gasteiger partial charge on any atom is 0.107 e. The molecule has 102 valence electrons. The summed E-state index contributed by atoms with van der Waals surface area (Å²) in [6.45, 7) is 3.19. The second kappa shape index (κ2) is 7.40. The zero-order chi connectivity index (χ0) is 13.7. The highest BCUT2D eigenvalue weighted by atomic mass is 127. The van der Waals surface area contributed by atoms with Crippen LogP contribution in [-0.4, -0.2) is 16.5 Å². The Bertz CT molecular complexity index is 513. The number of imidazole rings is 1. The number of nitrogens with one attached hydrogen (secondary N) is 2. The Balaban J connectivity index is 2.23. The number of rotatable bonds is 6. The van der Waals surface area contributed by atoms with Gasteiger partial charge in [-0.25, -0.2) is 4.98 Å². The minimum Gasteiger partial charge on any atom is -0.349 e. The van der Waals surface area contributed by atoms with Crippen LogP contribution in [0.2, 0.25) is 0 Å². The number of halogens is 2. The molecule has 0 amide bonds. The molecular formula is C14H17BrIN3. The Morgan fingerprint density at radius 1 is 1.47 bits per heavy atom. The van der Waals surface area contributed by atoms with Gasteiger partial charge in [-0.2, -0.15) is 0 Å². The second-order valence-corrected chi connectivity index (χ2v) is 6.49. The molecule has 19 heavy (non-hydrogen) atoms. The maximum absolute atomic E-state index is 4.33. The van der Waals surface area contributed by atoms with Gasteiger partial charge < -0.3 is 10.3 Å². The van der Waals surface area contributed by atoms with Crippen molar-refractivity contribution in [1.82, 2.24) is 15.3 Å². The van der Waals surface area contributed by atoms with E-state index in [4.69, 9.17) is 0 Å². The number of aromatic amines is 1.